The monoisotopic (exact) mass is 287 g/mol. The highest BCUT2D eigenvalue weighted by atomic mass is 19.1. The van der Waals surface area contributed by atoms with Crippen LogP contribution in [-0.4, -0.2) is 6.54 Å². The van der Waals surface area contributed by atoms with E-state index in [1.807, 2.05) is 24.3 Å². The molecular weight excluding hydrogens is 265 g/mol. The Balaban J connectivity index is 2.06. The third-order valence-corrected chi connectivity index (χ3v) is 3.47. The molecule has 0 bridgehead atoms. The first-order valence-corrected chi connectivity index (χ1v) is 7.44. The molecule has 0 aliphatic carbocycles. The van der Waals surface area contributed by atoms with Crippen molar-refractivity contribution in [3.05, 3.63) is 65.5 Å². The van der Waals surface area contributed by atoms with Gasteiger partial charge in [-0.05, 0) is 36.7 Å². The summed E-state index contributed by atoms with van der Waals surface area (Å²) >= 11 is 0. The molecule has 1 atom stereocenters. The van der Waals surface area contributed by atoms with Crippen LogP contribution in [0.1, 0.15) is 37.4 Å². The van der Waals surface area contributed by atoms with Gasteiger partial charge in [0, 0.05) is 11.6 Å². The van der Waals surface area contributed by atoms with Crippen molar-refractivity contribution in [2.75, 3.05) is 6.54 Å². The van der Waals surface area contributed by atoms with E-state index in [1.54, 1.807) is 12.1 Å². The van der Waals surface area contributed by atoms with E-state index in [4.69, 9.17) is 4.74 Å². The van der Waals surface area contributed by atoms with Gasteiger partial charge in [-0.3, -0.25) is 0 Å². The summed E-state index contributed by atoms with van der Waals surface area (Å²) in [5, 5.41) is 3.44. The molecule has 0 radical (unpaired) electrons. The highest BCUT2D eigenvalue weighted by Crippen LogP contribution is 2.22. The number of hydrogen-bond donors (Lipinski definition) is 1. The lowest BCUT2D eigenvalue weighted by Gasteiger charge is -2.17. The molecular formula is C18H22FNO. The van der Waals surface area contributed by atoms with Crippen LogP contribution < -0.4 is 10.1 Å². The van der Waals surface area contributed by atoms with E-state index < -0.39 is 0 Å². The van der Waals surface area contributed by atoms with Crippen molar-refractivity contribution in [2.45, 2.75) is 32.9 Å². The number of benzene rings is 2. The third kappa shape index (κ3) is 4.30. The average molecular weight is 287 g/mol. The summed E-state index contributed by atoms with van der Waals surface area (Å²) in [7, 11) is 0. The molecule has 112 valence electrons. The van der Waals surface area contributed by atoms with E-state index >= 15 is 0 Å². The maximum absolute atomic E-state index is 13.6. The van der Waals surface area contributed by atoms with Gasteiger partial charge in [0.2, 0.25) is 0 Å². The largest absolute Gasteiger partial charge is 0.489 e. The molecule has 0 heterocycles. The molecule has 0 fully saturated rings. The number of rotatable bonds is 7. The van der Waals surface area contributed by atoms with Gasteiger partial charge in [-0.2, -0.15) is 0 Å². The first kappa shape index (κ1) is 15.5. The van der Waals surface area contributed by atoms with Gasteiger partial charge in [-0.25, -0.2) is 4.39 Å². The molecule has 0 aliphatic rings. The summed E-state index contributed by atoms with van der Waals surface area (Å²) in [6, 6.07) is 15.0. The van der Waals surface area contributed by atoms with Crippen molar-refractivity contribution in [3.63, 3.8) is 0 Å². The van der Waals surface area contributed by atoms with Crippen LogP contribution in [0.5, 0.6) is 5.75 Å². The minimum Gasteiger partial charge on any atom is -0.489 e. The van der Waals surface area contributed by atoms with Crippen LogP contribution in [-0.2, 0) is 6.61 Å². The van der Waals surface area contributed by atoms with Crippen LogP contribution in [0.25, 0.3) is 0 Å². The van der Waals surface area contributed by atoms with E-state index in [2.05, 4.69) is 25.2 Å². The van der Waals surface area contributed by atoms with Crippen molar-refractivity contribution in [2.24, 2.45) is 0 Å². The average Bonchev–Trinajstić information content (AvgIpc) is 2.52. The SMILES string of the molecule is CCNC(CC)c1cccc(OCc2ccccc2F)c1. The predicted molar refractivity (Wildman–Crippen MR) is 83.9 cm³/mol. The van der Waals surface area contributed by atoms with E-state index in [1.165, 1.54) is 11.6 Å². The molecule has 0 saturated carbocycles. The molecule has 2 aromatic rings. The minimum absolute atomic E-state index is 0.229. The van der Waals surface area contributed by atoms with Gasteiger partial charge in [-0.15, -0.1) is 0 Å². The lowest BCUT2D eigenvalue weighted by Crippen LogP contribution is -2.19. The summed E-state index contributed by atoms with van der Waals surface area (Å²) in [4.78, 5) is 0. The zero-order chi connectivity index (χ0) is 15.1. The first-order chi connectivity index (χ1) is 10.2. The molecule has 1 N–H and O–H groups in total. The molecule has 3 heteroatoms. The van der Waals surface area contributed by atoms with Crippen molar-refractivity contribution < 1.29 is 9.13 Å². The molecule has 0 aromatic heterocycles. The van der Waals surface area contributed by atoms with Crippen molar-refractivity contribution in [1.82, 2.24) is 5.32 Å². The van der Waals surface area contributed by atoms with Crippen LogP contribution in [0.15, 0.2) is 48.5 Å². The summed E-state index contributed by atoms with van der Waals surface area (Å²) in [6.07, 6.45) is 1.02. The number of hydrogen-bond acceptors (Lipinski definition) is 2. The Kier molecular flexibility index (Phi) is 5.76. The minimum atomic E-state index is -0.229. The van der Waals surface area contributed by atoms with Crippen LogP contribution in [0.3, 0.4) is 0 Å². The Morgan fingerprint density at radius 2 is 1.90 bits per heavy atom. The van der Waals surface area contributed by atoms with Gasteiger partial charge in [0.05, 0.1) is 0 Å². The lowest BCUT2D eigenvalue weighted by molar-refractivity contribution is 0.299. The van der Waals surface area contributed by atoms with Crippen LogP contribution in [0, 0.1) is 5.82 Å². The summed E-state index contributed by atoms with van der Waals surface area (Å²) in [5.41, 5.74) is 1.77. The van der Waals surface area contributed by atoms with E-state index in [0.717, 1.165) is 18.7 Å². The molecule has 0 aliphatic heterocycles. The Hall–Kier alpha value is -1.87. The molecule has 21 heavy (non-hydrogen) atoms. The second kappa shape index (κ2) is 7.79. The van der Waals surface area contributed by atoms with Crippen molar-refractivity contribution >= 4 is 0 Å². The summed E-state index contributed by atoms with van der Waals surface area (Å²) in [5.74, 6) is 0.542. The smallest absolute Gasteiger partial charge is 0.129 e. The summed E-state index contributed by atoms with van der Waals surface area (Å²) < 4.78 is 19.3. The second-order valence-electron chi connectivity index (χ2n) is 4.97. The number of nitrogens with one attached hydrogen (secondary N) is 1. The van der Waals surface area contributed by atoms with Gasteiger partial charge in [-0.1, -0.05) is 44.2 Å². The Labute approximate surface area is 126 Å². The number of halogens is 1. The molecule has 2 rings (SSSR count). The van der Waals surface area contributed by atoms with Crippen LogP contribution in [0.4, 0.5) is 4.39 Å². The Morgan fingerprint density at radius 3 is 2.62 bits per heavy atom. The van der Waals surface area contributed by atoms with Gasteiger partial charge in [0.15, 0.2) is 0 Å². The fraction of sp³-hybridized carbons (Fsp3) is 0.333. The molecule has 0 saturated heterocycles. The Morgan fingerprint density at radius 1 is 1.10 bits per heavy atom. The fourth-order valence-electron chi connectivity index (χ4n) is 2.34. The quantitative estimate of drug-likeness (QED) is 0.811. The maximum Gasteiger partial charge on any atom is 0.129 e. The highest BCUT2D eigenvalue weighted by molar-refractivity contribution is 5.31. The van der Waals surface area contributed by atoms with Crippen molar-refractivity contribution in [3.8, 4) is 5.75 Å². The number of ether oxygens (including phenoxy) is 1. The molecule has 2 nitrogen and oxygen atoms in total. The predicted octanol–water partition coefficient (Wildman–Crippen LogP) is 4.47. The van der Waals surface area contributed by atoms with Crippen LogP contribution in [0.2, 0.25) is 0 Å². The zero-order valence-corrected chi connectivity index (χ0v) is 12.6. The highest BCUT2D eigenvalue weighted by Gasteiger charge is 2.09. The van der Waals surface area contributed by atoms with E-state index in [-0.39, 0.29) is 12.4 Å². The molecule has 1 unspecified atom stereocenters. The zero-order valence-electron chi connectivity index (χ0n) is 12.6. The molecule has 0 amide bonds. The molecule has 0 spiro atoms. The van der Waals surface area contributed by atoms with Crippen molar-refractivity contribution in [1.29, 1.82) is 0 Å². The third-order valence-electron chi connectivity index (χ3n) is 3.47. The van der Waals surface area contributed by atoms with Crippen LogP contribution >= 0.6 is 0 Å². The topological polar surface area (TPSA) is 21.3 Å². The van der Waals surface area contributed by atoms with E-state index in [0.29, 0.717) is 11.6 Å². The van der Waals surface area contributed by atoms with E-state index in [9.17, 15) is 4.39 Å². The molecule has 2 aromatic carbocycles. The lowest BCUT2D eigenvalue weighted by atomic mass is 10.0. The maximum atomic E-state index is 13.6. The second-order valence-corrected chi connectivity index (χ2v) is 4.97. The normalized spacial score (nSPS) is 12.1. The van der Waals surface area contributed by atoms with Gasteiger partial charge in [0.25, 0.3) is 0 Å². The van der Waals surface area contributed by atoms with Gasteiger partial charge in [0.1, 0.15) is 18.2 Å². The fourth-order valence-corrected chi connectivity index (χ4v) is 2.34. The standard InChI is InChI=1S/C18H22FNO/c1-3-18(20-4-2)14-9-7-10-16(12-14)21-13-15-8-5-6-11-17(15)19/h5-12,18,20H,3-4,13H2,1-2H3. The van der Waals surface area contributed by atoms with Gasteiger partial charge >= 0.3 is 0 Å². The van der Waals surface area contributed by atoms with Gasteiger partial charge < -0.3 is 10.1 Å². The first-order valence-electron chi connectivity index (χ1n) is 7.44. The Bertz CT molecular complexity index is 571. The summed E-state index contributed by atoms with van der Waals surface area (Å²) in [6.45, 7) is 5.42.